The number of hydrogen-bond acceptors (Lipinski definition) is 4. The molecular formula is C21H14N4OS. The number of amides is 1. The van der Waals surface area contributed by atoms with E-state index in [1.807, 2.05) is 71.3 Å². The van der Waals surface area contributed by atoms with Crippen molar-refractivity contribution < 1.29 is 4.79 Å². The van der Waals surface area contributed by atoms with Crippen molar-refractivity contribution in [2.45, 2.75) is 0 Å². The Labute approximate surface area is 158 Å². The van der Waals surface area contributed by atoms with Crippen molar-refractivity contribution in [3.63, 3.8) is 0 Å². The standard InChI is InChI=1S/C21H14N4OS/c26-21(19-11-14-5-1-4-8-18(14)27-19)24-15-9-10-20(22-12-15)25-13-23-16-6-2-3-7-17(16)25/h1-13H,(H,24,26). The fraction of sp³-hybridized carbons (Fsp3) is 0. The predicted molar refractivity (Wildman–Crippen MR) is 109 cm³/mol. The molecule has 5 rings (SSSR count). The number of para-hydroxylation sites is 2. The van der Waals surface area contributed by atoms with Crippen molar-refractivity contribution in [3.05, 3.63) is 84.1 Å². The number of nitrogens with zero attached hydrogens (tertiary/aromatic N) is 3. The van der Waals surface area contributed by atoms with Gasteiger partial charge in [-0.05, 0) is 41.8 Å². The summed E-state index contributed by atoms with van der Waals surface area (Å²) in [6.07, 6.45) is 3.41. The smallest absolute Gasteiger partial charge is 0.265 e. The Morgan fingerprint density at radius 2 is 1.81 bits per heavy atom. The van der Waals surface area contributed by atoms with Gasteiger partial charge in [0.25, 0.3) is 5.91 Å². The van der Waals surface area contributed by atoms with E-state index in [1.54, 1.807) is 12.5 Å². The number of hydrogen-bond donors (Lipinski definition) is 1. The maximum absolute atomic E-state index is 12.5. The lowest BCUT2D eigenvalue weighted by Crippen LogP contribution is -2.10. The summed E-state index contributed by atoms with van der Waals surface area (Å²) in [4.78, 5) is 22.1. The highest BCUT2D eigenvalue weighted by atomic mass is 32.1. The maximum atomic E-state index is 12.5. The van der Waals surface area contributed by atoms with E-state index >= 15 is 0 Å². The molecule has 0 radical (unpaired) electrons. The van der Waals surface area contributed by atoms with Gasteiger partial charge in [0.1, 0.15) is 12.1 Å². The van der Waals surface area contributed by atoms with E-state index in [0.29, 0.717) is 10.6 Å². The Bertz CT molecular complexity index is 1240. The molecule has 1 N–H and O–H groups in total. The Kier molecular flexibility index (Phi) is 3.69. The zero-order valence-corrected chi connectivity index (χ0v) is 15.0. The normalized spacial score (nSPS) is 11.1. The summed E-state index contributed by atoms with van der Waals surface area (Å²) < 4.78 is 3.02. The van der Waals surface area contributed by atoms with Crippen LogP contribution in [0.5, 0.6) is 0 Å². The molecule has 2 aromatic carbocycles. The van der Waals surface area contributed by atoms with E-state index in [0.717, 1.165) is 26.9 Å². The third kappa shape index (κ3) is 2.86. The fourth-order valence-electron chi connectivity index (χ4n) is 3.03. The first-order valence-corrected chi connectivity index (χ1v) is 9.28. The topological polar surface area (TPSA) is 59.8 Å². The van der Waals surface area contributed by atoms with Crippen LogP contribution >= 0.6 is 11.3 Å². The molecule has 0 atom stereocenters. The van der Waals surface area contributed by atoms with Crippen molar-refractivity contribution >= 4 is 44.1 Å². The van der Waals surface area contributed by atoms with Gasteiger partial charge in [-0.25, -0.2) is 9.97 Å². The largest absolute Gasteiger partial charge is 0.320 e. The average molecular weight is 370 g/mol. The minimum Gasteiger partial charge on any atom is -0.320 e. The second-order valence-electron chi connectivity index (χ2n) is 6.11. The molecule has 0 aliphatic heterocycles. The first-order chi connectivity index (χ1) is 13.3. The first-order valence-electron chi connectivity index (χ1n) is 8.46. The van der Waals surface area contributed by atoms with Gasteiger partial charge in [-0.15, -0.1) is 11.3 Å². The first kappa shape index (κ1) is 15.7. The number of benzene rings is 2. The van der Waals surface area contributed by atoms with Crippen molar-refractivity contribution in [2.75, 3.05) is 5.32 Å². The summed E-state index contributed by atoms with van der Waals surface area (Å²) in [6.45, 7) is 0. The maximum Gasteiger partial charge on any atom is 0.265 e. The average Bonchev–Trinajstić information content (AvgIpc) is 3.33. The monoisotopic (exact) mass is 370 g/mol. The van der Waals surface area contributed by atoms with Gasteiger partial charge >= 0.3 is 0 Å². The molecule has 0 aliphatic carbocycles. The molecule has 0 saturated carbocycles. The van der Waals surface area contributed by atoms with E-state index in [2.05, 4.69) is 15.3 Å². The number of carbonyl (C=O) groups is 1. The van der Waals surface area contributed by atoms with Gasteiger partial charge in [0.2, 0.25) is 0 Å². The summed E-state index contributed by atoms with van der Waals surface area (Å²) >= 11 is 1.48. The van der Waals surface area contributed by atoms with Crippen LogP contribution in [0.25, 0.3) is 26.9 Å². The van der Waals surface area contributed by atoms with Crippen LogP contribution in [0.15, 0.2) is 79.3 Å². The summed E-state index contributed by atoms with van der Waals surface area (Å²) in [7, 11) is 0. The third-order valence-corrected chi connectivity index (χ3v) is 5.47. The lowest BCUT2D eigenvalue weighted by molar-refractivity contribution is 0.103. The summed E-state index contributed by atoms with van der Waals surface area (Å²) in [5.41, 5.74) is 2.57. The van der Waals surface area contributed by atoms with E-state index in [1.165, 1.54) is 11.3 Å². The summed E-state index contributed by atoms with van der Waals surface area (Å²) in [5.74, 6) is 0.627. The molecule has 1 amide bonds. The molecule has 3 aromatic heterocycles. The Hall–Kier alpha value is -3.51. The predicted octanol–water partition coefficient (Wildman–Crippen LogP) is 4.89. The van der Waals surface area contributed by atoms with Crippen LogP contribution in [0.1, 0.15) is 9.67 Å². The number of anilines is 1. The lowest BCUT2D eigenvalue weighted by atomic mass is 10.2. The van der Waals surface area contributed by atoms with Crippen LogP contribution in [-0.4, -0.2) is 20.4 Å². The second kappa shape index (κ2) is 6.34. The summed E-state index contributed by atoms with van der Waals surface area (Å²) in [5, 5.41) is 3.99. The van der Waals surface area contributed by atoms with Crippen LogP contribution in [-0.2, 0) is 0 Å². The minimum absolute atomic E-state index is 0.126. The van der Waals surface area contributed by atoms with Gasteiger partial charge in [0.05, 0.1) is 27.8 Å². The lowest BCUT2D eigenvalue weighted by Gasteiger charge is -2.06. The molecule has 0 unspecified atom stereocenters. The van der Waals surface area contributed by atoms with E-state index in [9.17, 15) is 4.79 Å². The third-order valence-electron chi connectivity index (χ3n) is 4.36. The number of aromatic nitrogens is 3. The number of rotatable bonds is 3. The molecule has 0 fully saturated rings. The number of pyridine rings is 1. The zero-order valence-electron chi connectivity index (χ0n) is 14.2. The van der Waals surface area contributed by atoms with Gasteiger partial charge in [0.15, 0.2) is 0 Å². The molecule has 0 spiro atoms. The highest BCUT2D eigenvalue weighted by Gasteiger charge is 2.11. The van der Waals surface area contributed by atoms with Crippen molar-refractivity contribution in [3.8, 4) is 5.82 Å². The van der Waals surface area contributed by atoms with Crippen molar-refractivity contribution in [1.29, 1.82) is 0 Å². The molecule has 0 bridgehead atoms. The van der Waals surface area contributed by atoms with Crippen molar-refractivity contribution in [1.82, 2.24) is 14.5 Å². The van der Waals surface area contributed by atoms with Crippen LogP contribution in [0.4, 0.5) is 5.69 Å². The summed E-state index contributed by atoms with van der Waals surface area (Å²) in [6, 6.07) is 21.5. The second-order valence-corrected chi connectivity index (χ2v) is 7.19. The van der Waals surface area contributed by atoms with Crippen LogP contribution in [0.2, 0.25) is 0 Å². The molecule has 3 heterocycles. The highest BCUT2D eigenvalue weighted by molar-refractivity contribution is 7.20. The van der Waals surface area contributed by atoms with Gasteiger partial charge in [-0.1, -0.05) is 30.3 Å². The number of imidazole rings is 1. The molecular weight excluding hydrogens is 356 g/mol. The van der Waals surface area contributed by atoms with E-state index in [4.69, 9.17) is 0 Å². The van der Waals surface area contributed by atoms with Crippen LogP contribution in [0.3, 0.4) is 0 Å². The highest BCUT2D eigenvalue weighted by Crippen LogP contribution is 2.26. The Morgan fingerprint density at radius 3 is 2.67 bits per heavy atom. The quantitative estimate of drug-likeness (QED) is 0.492. The van der Waals surface area contributed by atoms with Gasteiger partial charge in [-0.3, -0.25) is 9.36 Å². The fourth-order valence-corrected chi connectivity index (χ4v) is 3.99. The molecule has 5 aromatic rings. The number of carbonyl (C=O) groups excluding carboxylic acids is 1. The van der Waals surface area contributed by atoms with Gasteiger partial charge in [0, 0.05) is 4.70 Å². The zero-order chi connectivity index (χ0) is 18.2. The van der Waals surface area contributed by atoms with Gasteiger partial charge in [-0.2, -0.15) is 0 Å². The number of fused-ring (bicyclic) bond motifs is 2. The number of thiophene rings is 1. The molecule has 0 saturated heterocycles. The van der Waals surface area contributed by atoms with Crippen LogP contribution in [0, 0.1) is 0 Å². The number of nitrogens with one attached hydrogen (secondary N) is 1. The molecule has 6 heteroatoms. The molecule has 27 heavy (non-hydrogen) atoms. The minimum atomic E-state index is -0.126. The molecule has 130 valence electrons. The Morgan fingerprint density at radius 1 is 0.963 bits per heavy atom. The Balaban J connectivity index is 1.39. The van der Waals surface area contributed by atoms with E-state index in [-0.39, 0.29) is 5.91 Å². The van der Waals surface area contributed by atoms with E-state index < -0.39 is 0 Å². The van der Waals surface area contributed by atoms with Crippen molar-refractivity contribution in [2.24, 2.45) is 0 Å². The molecule has 5 nitrogen and oxygen atoms in total. The molecule has 0 aliphatic rings. The van der Waals surface area contributed by atoms with Gasteiger partial charge < -0.3 is 5.32 Å². The van der Waals surface area contributed by atoms with Crippen LogP contribution < -0.4 is 5.32 Å². The SMILES string of the molecule is O=C(Nc1ccc(-n2cnc3ccccc32)nc1)c1cc2ccccc2s1.